The quantitative estimate of drug-likeness (QED) is 0.612. The lowest BCUT2D eigenvalue weighted by atomic mass is 10.3. The van der Waals surface area contributed by atoms with Crippen LogP contribution in [0.15, 0.2) is 29.2 Å². The number of sulfonamides is 1. The van der Waals surface area contributed by atoms with Crippen LogP contribution in [0.2, 0.25) is 0 Å². The highest BCUT2D eigenvalue weighted by Crippen LogP contribution is 2.15. The van der Waals surface area contributed by atoms with Crippen LogP contribution >= 0.6 is 0 Å². The first kappa shape index (κ1) is 12.6. The maximum atomic E-state index is 11.5. The number of benzene rings is 1. The van der Waals surface area contributed by atoms with E-state index in [1.165, 1.54) is 0 Å². The molecule has 0 spiro atoms. The van der Waals surface area contributed by atoms with E-state index in [4.69, 9.17) is 0 Å². The van der Waals surface area contributed by atoms with Crippen LogP contribution in [0, 0.1) is 10.1 Å². The SMILES string of the molecule is CCONS(=O)(=O)c1ccc([N+](=O)[O-])cc1. The van der Waals surface area contributed by atoms with E-state index in [0.29, 0.717) is 0 Å². The zero-order valence-corrected chi connectivity index (χ0v) is 9.23. The van der Waals surface area contributed by atoms with Crippen molar-refractivity contribution in [3.05, 3.63) is 34.4 Å². The van der Waals surface area contributed by atoms with Crippen LogP contribution in [0.25, 0.3) is 0 Å². The van der Waals surface area contributed by atoms with E-state index in [9.17, 15) is 18.5 Å². The molecule has 1 aromatic carbocycles. The van der Waals surface area contributed by atoms with Crippen LogP contribution in [0.4, 0.5) is 5.69 Å². The van der Waals surface area contributed by atoms with E-state index >= 15 is 0 Å². The van der Waals surface area contributed by atoms with Crippen LogP contribution < -0.4 is 4.89 Å². The maximum Gasteiger partial charge on any atom is 0.269 e. The molecule has 16 heavy (non-hydrogen) atoms. The van der Waals surface area contributed by atoms with E-state index in [1.54, 1.807) is 6.92 Å². The molecule has 0 saturated carbocycles. The number of hydrogen-bond acceptors (Lipinski definition) is 5. The summed E-state index contributed by atoms with van der Waals surface area (Å²) >= 11 is 0. The zero-order valence-electron chi connectivity index (χ0n) is 8.41. The second-order valence-electron chi connectivity index (χ2n) is 2.77. The van der Waals surface area contributed by atoms with Crippen molar-refractivity contribution in [2.75, 3.05) is 6.61 Å². The molecule has 0 atom stereocenters. The summed E-state index contributed by atoms with van der Waals surface area (Å²) in [5.74, 6) is 0. The third-order valence-corrected chi connectivity index (χ3v) is 2.90. The Morgan fingerprint density at radius 1 is 1.38 bits per heavy atom. The van der Waals surface area contributed by atoms with Gasteiger partial charge in [-0.3, -0.25) is 15.0 Å². The van der Waals surface area contributed by atoms with Crippen molar-refractivity contribution in [2.24, 2.45) is 0 Å². The molecule has 0 aliphatic carbocycles. The van der Waals surface area contributed by atoms with Gasteiger partial charge < -0.3 is 0 Å². The number of hydrogen-bond donors (Lipinski definition) is 1. The fourth-order valence-electron chi connectivity index (χ4n) is 0.932. The molecule has 0 amide bonds. The van der Waals surface area contributed by atoms with Gasteiger partial charge in [0, 0.05) is 12.1 Å². The summed E-state index contributed by atoms with van der Waals surface area (Å²) in [6, 6.07) is 4.50. The molecule has 0 aliphatic rings. The Bertz CT molecular complexity index is 468. The Labute approximate surface area is 92.2 Å². The van der Waals surface area contributed by atoms with Crippen molar-refractivity contribution < 1.29 is 18.2 Å². The van der Waals surface area contributed by atoms with Crippen LogP contribution in [0.3, 0.4) is 0 Å². The van der Waals surface area contributed by atoms with Crippen molar-refractivity contribution in [1.82, 2.24) is 4.89 Å². The molecule has 1 N–H and O–H groups in total. The number of nitrogens with one attached hydrogen (secondary N) is 1. The van der Waals surface area contributed by atoms with Gasteiger partial charge >= 0.3 is 0 Å². The second-order valence-corrected chi connectivity index (χ2v) is 4.42. The van der Waals surface area contributed by atoms with Crippen molar-refractivity contribution in [2.45, 2.75) is 11.8 Å². The molecule has 7 nitrogen and oxygen atoms in total. The summed E-state index contributed by atoms with van der Waals surface area (Å²) in [6.07, 6.45) is 0. The molecule has 1 aromatic rings. The Kier molecular flexibility index (Phi) is 3.93. The van der Waals surface area contributed by atoms with Crippen molar-refractivity contribution in [1.29, 1.82) is 0 Å². The van der Waals surface area contributed by atoms with Crippen LogP contribution in [0.5, 0.6) is 0 Å². The van der Waals surface area contributed by atoms with E-state index in [1.807, 2.05) is 4.89 Å². The fourth-order valence-corrected chi connectivity index (χ4v) is 1.80. The lowest BCUT2D eigenvalue weighted by molar-refractivity contribution is -0.384. The average molecular weight is 246 g/mol. The average Bonchev–Trinajstić information content (AvgIpc) is 2.26. The first-order valence-electron chi connectivity index (χ1n) is 4.35. The number of nitro groups is 1. The summed E-state index contributed by atoms with van der Waals surface area (Å²) in [5.41, 5.74) is -0.171. The molecule has 88 valence electrons. The summed E-state index contributed by atoms with van der Waals surface area (Å²) in [6.45, 7) is 1.81. The van der Waals surface area contributed by atoms with Crippen molar-refractivity contribution >= 4 is 15.7 Å². The Hall–Kier alpha value is -1.51. The number of nitrogens with zero attached hydrogens (tertiary/aromatic N) is 1. The van der Waals surface area contributed by atoms with Crippen molar-refractivity contribution in [3.8, 4) is 0 Å². The third-order valence-electron chi connectivity index (χ3n) is 1.67. The minimum Gasteiger partial charge on any atom is -0.287 e. The molecule has 0 radical (unpaired) electrons. The second kappa shape index (κ2) is 5.01. The number of non-ortho nitro benzene ring substituents is 1. The highest BCUT2D eigenvalue weighted by Gasteiger charge is 2.15. The third kappa shape index (κ3) is 2.99. The topological polar surface area (TPSA) is 98.5 Å². The monoisotopic (exact) mass is 246 g/mol. The summed E-state index contributed by atoms with van der Waals surface area (Å²) in [4.78, 5) is 16.1. The standard InChI is InChI=1S/C8H10N2O5S/c1-2-15-9-16(13,14)8-5-3-7(4-6-8)10(11)12/h3-6,9H,2H2,1H3. The molecular weight excluding hydrogens is 236 g/mol. The summed E-state index contributed by atoms with van der Waals surface area (Å²) in [7, 11) is -3.76. The minimum absolute atomic E-state index is 0.0912. The highest BCUT2D eigenvalue weighted by atomic mass is 32.2. The largest absolute Gasteiger partial charge is 0.287 e. The fraction of sp³-hybridized carbons (Fsp3) is 0.250. The Balaban J connectivity index is 2.93. The van der Waals surface area contributed by atoms with Gasteiger partial charge in [0.25, 0.3) is 15.7 Å². The smallest absolute Gasteiger partial charge is 0.269 e. The van der Waals surface area contributed by atoms with Gasteiger partial charge in [-0.15, -0.1) is 0 Å². The van der Waals surface area contributed by atoms with E-state index < -0.39 is 14.9 Å². The Morgan fingerprint density at radius 3 is 2.38 bits per heavy atom. The zero-order chi connectivity index (χ0) is 12.2. The van der Waals surface area contributed by atoms with Gasteiger partial charge in [-0.05, 0) is 19.1 Å². The predicted molar refractivity (Wildman–Crippen MR) is 55.0 cm³/mol. The molecule has 0 aliphatic heterocycles. The molecule has 0 heterocycles. The lowest BCUT2D eigenvalue weighted by Crippen LogP contribution is -2.23. The van der Waals surface area contributed by atoms with Crippen LogP contribution in [-0.2, 0) is 14.9 Å². The van der Waals surface area contributed by atoms with Gasteiger partial charge in [-0.2, -0.15) is 0 Å². The highest BCUT2D eigenvalue weighted by molar-refractivity contribution is 7.89. The molecule has 0 bridgehead atoms. The minimum atomic E-state index is -3.76. The molecule has 0 fully saturated rings. The van der Waals surface area contributed by atoms with E-state index in [0.717, 1.165) is 24.3 Å². The first-order chi connectivity index (χ1) is 7.47. The molecular formula is C8H10N2O5S. The summed E-state index contributed by atoms with van der Waals surface area (Å²) in [5, 5.41) is 10.3. The first-order valence-corrected chi connectivity index (χ1v) is 5.83. The van der Waals surface area contributed by atoms with Crippen LogP contribution in [-0.4, -0.2) is 19.9 Å². The normalized spacial score (nSPS) is 11.3. The van der Waals surface area contributed by atoms with Gasteiger partial charge in [0.1, 0.15) is 0 Å². The number of nitro benzene ring substituents is 1. The van der Waals surface area contributed by atoms with Gasteiger partial charge in [0.05, 0.1) is 16.4 Å². The number of rotatable bonds is 5. The predicted octanol–water partition coefficient (Wildman–Crippen LogP) is 0.825. The lowest BCUT2D eigenvalue weighted by Gasteiger charge is -2.04. The maximum absolute atomic E-state index is 11.5. The van der Waals surface area contributed by atoms with Gasteiger partial charge in [-0.1, -0.05) is 4.89 Å². The molecule has 1 rings (SSSR count). The van der Waals surface area contributed by atoms with Crippen LogP contribution in [0.1, 0.15) is 6.92 Å². The molecule has 8 heteroatoms. The van der Waals surface area contributed by atoms with E-state index in [2.05, 4.69) is 4.84 Å². The van der Waals surface area contributed by atoms with E-state index in [-0.39, 0.29) is 17.2 Å². The summed E-state index contributed by atoms with van der Waals surface area (Å²) < 4.78 is 22.9. The van der Waals surface area contributed by atoms with Gasteiger partial charge in [0.15, 0.2) is 0 Å². The molecule has 0 unspecified atom stereocenters. The van der Waals surface area contributed by atoms with Crippen molar-refractivity contribution in [3.63, 3.8) is 0 Å². The Morgan fingerprint density at radius 2 is 1.94 bits per heavy atom. The van der Waals surface area contributed by atoms with Gasteiger partial charge in [-0.25, -0.2) is 8.42 Å². The van der Waals surface area contributed by atoms with Gasteiger partial charge in [0.2, 0.25) is 0 Å². The molecule has 0 saturated heterocycles. The molecule has 0 aromatic heterocycles.